The first-order valence-corrected chi connectivity index (χ1v) is 8.55. The fraction of sp³-hybridized carbons (Fsp3) is 0.421. The van der Waals surface area contributed by atoms with E-state index in [1.165, 1.54) is 0 Å². The van der Waals surface area contributed by atoms with Crippen molar-refractivity contribution in [1.82, 2.24) is 9.88 Å². The van der Waals surface area contributed by atoms with Crippen molar-refractivity contribution in [1.29, 1.82) is 0 Å². The van der Waals surface area contributed by atoms with Crippen LogP contribution in [0, 0.1) is 0 Å². The molecule has 1 atom stereocenters. The number of hydrogen-bond donors (Lipinski definition) is 1. The summed E-state index contributed by atoms with van der Waals surface area (Å²) in [6.45, 7) is 7.02. The van der Waals surface area contributed by atoms with Crippen LogP contribution in [-0.4, -0.2) is 54.3 Å². The van der Waals surface area contributed by atoms with Gasteiger partial charge in [-0.1, -0.05) is 18.2 Å². The number of ether oxygens (including phenoxy) is 1. The summed E-state index contributed by atoms with van der Waals surface area (Å²) in [5.41, 5.74) is 0.936. The van der Waals surface area contributed by atoms with E-state index < -0.39 is 6.10 Å². The van der Waals surface area contributed by atoms with Crippen molar-refractivity contribution in [3.05, 3.63) is 54.2 Å². The molecule has 3 rings (SSSR count). The van der Waals surface area contributed by atoms with E-state index in [0.717, 1.165) is 43.3 Å². The van der Waals surface area contributed by atoms with Crippen LogP contribution in [-0.2, 0) is 0 Å². The van der Waals surface area contributed by atoms with E-state index in [9.17, 15) is 5.11 Å². The summed E-state index contributed by atoms with van der Waals surface area (Å²) in [5, 5.41) is 10.5. The molecule has 128 valence electrons. The number of β-amino-alcohol motifs (C(OH)–C–C–N with tert-alkyl or cyclic N) is 1. The molecule has 2 heterocycles. The average molecular weight is 327 g/mol. The second kappa shape index (κ2) is 8.13. The maximum atomic E-state index is 10.5. The van der Waals surface area contributed by atoms with Crippen LogP contribution in [0.4, 0.5) is 5.82 Å². The second-order valence-electron chi connectivity index (χ2n) is 5.99. The van der Waals surface area contributed by atoms with Gasteiger partial charge in [0, 0.05) is 38.9 Å². The third kappa shape index (κ3) is 4.24. The van der Waals surface area contributed by atoms with Gasteiger partial charge in [0.2, 0.25) is 0 Å². The van der Waals surface area contributed by atoms with Gasteiger partial charge >= 0.3 is 0 Å². The Morgan fingerprint density at radius 2 is 1.83 bits per heavy atom. The quantitative estimate of drug-likeness (QED) is 0.882. The molecule has 0 unspecified atom stereocenters. The maximum absolute atomic E-state index is 10.5. The molecule has 1 aliphatic heterocycles. The molecule has 5 nitrogen and oxygen atoms in total. The highest BCUT2D eigenvalue weighted by molar-refractivity contribution is 5.38. The highest BCUT2D eigenvalue weighted by atomic mass is 16.5. The van der Waals surface area contributed by atoms with Crippen molar-refractivity contribution >= 4 is 5.82 Å². The molecule has 0 aliphatic carbocycles. The van der Waals surface area contributed by atoms with Crippen molar-refractivity contribution in [2.75, 3.05) is 44.2 Å². The van der Waals surface area contributed by atoms with Gasteiger partial charge in [0.15, 0.2) is 0 Å². The fourth-order valence-corrected chi connectivity index (χ4v) is 3.00. The Balaban J connectivity index is 1.50. The first-order chi connectivity index (χ1) is 11.8. The van der Waals surface area contributed by atoms with Crippen LogP contribution in [0.2, 0.25) is 0 Å². The van der Waals surface area contributed by atoms with Crippen molar-refractivity contribution in [3.8, 4) is 5.75 Å². The Labute approximate surface area is 143 Å². The number of aliphatic hydroxyl groups excluding tert-OH is 1. The molecule has 0 spiro atoms. The summed E-state index contributed by atoms with van der Waals surface area (Å²) in [6, 6.07) is 13.7. The Kier molecular flexibility index (Phi) is 5.67. The molecule has 0 radical (unpaired) electrons. The summed E-state index contributed by atoms with van der Waals surface area (Å²) >= 11 is 0. The molecule has 1 aliphatic rings. The molecule has 1 saturated heterocycles. The predicted molar refractivity (Wildman–Crippen MR) is 95.5 cm³/mol. The molecule has 5 heteroatoms. The number of aromatic nitrogens is 1. The van der Waals surface area contributed by atoms with Gasteiger partial charge in [-0.3, -0.25) is 4.90 Å². The lowest BCUT2D eigenvalue weighted by atomic mass is 10.1. The third-order valence-electron chi connectivity index (χ3n) is 4.35. The standard InChI is InChI=1S/C19H25N3O2/c1-2-24-17-8-6-16(7-9-17)18(23)15-21-11-13-22(14-12-21)19-5-3-4-10-20-19/h3-10,18,23H,2,11-15H2,1H3/t18-/m1/s1. The molecule has 2 aromatic rings. The van der Waals surface area contributed by atoms with Gasteiger partial charge in [-0.25, -0.2) is 4.98 Å². The van der Waals surface area contributed by atoms with Crippen molar-refractivity contribution < 1.29 is 9.84 Å². The first kappa shape index (κ1) is 16.7. The SMILES string of the molecule is CCOc1ccc([C@H](O)CN2CCN(c3ccccn3)CC2)cc1. The molecule has 0 amide bonds. The van der Waals surface area contributed by atoms with Gasteiger partial charge in [0.1, 0.15) is 11.6 Å². The summed E-state index contributed by atoms with van der Waals surface area (Å²) in [6.07, 6.45) is 1.36. The van der Waals surface area contributed by atoms with E-state index in [-0.39, 0.29) is 0 Å². The van der Waals surface area contributed by atoms with E-state index in [4.69, 9.17) is 4.74 Å². The zero-order valence-corrected chi connectivity index (χ0v) is 14.1. The van der Waals surface area contributed by atoms with E-state index in [1.807, 2.05) is 55.6 Å². The van der Waals surface area contributed by atoms with Gasteiger partial charge in [0.05, 0.1) is 12.7 Å². The smallest absolute Gasteiger partial charge is 0.128 e. The molecular weight excluding hydrogens is 302 g/mol. The van der Waals surface area contributed by atoms with Crippen LogP contribution >= 0.6 is 0 Å². The first-order valence-electron chi connectivity index (χ1n) is 8.55. The minimum atomic E-state index is -0.470. The molecular formula is C19H25N3O2. The molecule has 1 aromatic heterocycles. The van der Waals surface area contributed by atoms with Crippen molar-refractivity contribution in [3.63, 3.8) is 0 Å². The van der Waals surface area contributed by atoms with Gasteiger partial charge < -0.3 is 14.7 Å². The number of anilines is 1. The monoisotopic (exact) mass is 327 g/mol. The molecule has 1 aromatic carbocycles. The van der Waals surface area contributed by atoms with Crippen molar-refractivity contribution in [2.24, 2.45) is 0 Å². The van der Waals surface area contributed by atoms with Gasteiger partial charge in [0.25, 0.3) is 0 Å². The van der Waals surface area contributed by atoms with Crippen LogP contribution in [0.15, 0.2) is 48.7 Å². The number of aliphatic hydroxyl groups is 1. The van der Waals surface area contributed by atoms with Crippen LogP contribution in [0.1, 0.15) is 18.6 Å². The molecule has 24 heavy (non-hydrogen) atoms. The largest absolute Gasteiger partial charge is 0.494 e. The third-order valence-corrected chi connectivity index (χ3v) is 4.35. The Morgan fingerprint density at radius 3 is 2.46 bits per heavy atom. The number of piperazine rings is 1. The van der Waals surface area contributed by atoms with Gasteiger partial charge in [-0.15, -0.1) is 0 Å². The highest BCUT2D eigenvalue weighted by Crippen LogP contribution is 2.20. The zero-order valence-electron chi connectivity index (χ0n) is 14.1. The average Bonchev–Trinajstić information content (AvgIpc) is 2.64. The van der Waals surface area contributed by atoms with E-state index in [1.54, 1.807) is 0 Å². The van der Waals surface area contributed by atoms with Crippen LogP contribution < -0.4 is 9.64 Å². The Morgan fingerprint density at radius 1 is 1.08 bits per heavy atom. The van der Waals surface area contributed by atoms with Gasteiger partial charge in [-0.05, 0) is 36.8 Å². The van der Waals surface area contributed by atoms with Crippen LogP contribution in [0.5, 0.6) is 5.75 Å². The van der Waals surface area contributed by atoms with E-state index in [2.05, 4.69) is 14.8 Å². The number of rotatable bonds is 6. The minimum absolute atomic E-state index is 0.470. The predicted octanol–water partition coefficient (Wildman–Crippen LogP) is 2.34. The molecule has 1 fully saturated rings. The Hall–Kier alpha value is -2.11. The summed E-state index contributed by atoms with van der Waals surface area (Å²) in [7, 11) is 0. The lowest BCUT2D eigenvalue weighted by molar-refractivity contribution is 0.109. The van der Waals surface area contributed by atoms with E-state index in [0.29, 0.717) is 13.2 Å². The lowest BCUT2D eigenvalue weighted by Gasteiger charge is -2.36. The highest BCUT2D eigenvalue weighted by Gasteiger charge is 2.20. The number of benzene rings is 1. The molecule has 0 saturated carbocycles. The number of nitrogens with zero attached hydrogens (tertiary/aromatic N) is 3. The van der Waals surface area contributed by atoms with Gasteiger partial charge in [-0.2, -0.15) is 0 Å². The number of hydrogen-bond acceptors (Lipinski definition) is 5. The summed E-state index contributed by atoms with van der Waals surface area (Å²) < 4.78 is 5.44. The second-order valence-corrected chi connectivity index (χ2v) is 5.99. The van der Waals surface area contributed by atoms with Crippen molar-refractivity contribution in [2.45, 2.75) is 13.0 Å². The minimum Gasteiger partial charge on any atom is -0.494 e. The molecule has 1 N–H and O–H groups in total. The summed E-state index contributed by atoms with van der Waals surface area (Å²) in [5.74, 6) is 1.88. The maximum Gasteiger partial charge on any atom is 0.128 e. The Bertz CT molecular complexity index is 610. The zero-order chi connectivity index (χ0) is 16.8. The molecule has 0 bridgehead atoms. The summed E-state index contributed by atoms with van der Waals surface area (Å²) in [4.78, 5) is 9.00. The fourth-order valence-electron chi connectivity index (χ4n) is 3.00. The lowest BCUT2D eigenvalue weighted by Crippen LogP contribution is -2.47. The number of pyridine rings is 1. The normalized spacial score (nSPS) is 16.8. The van der Waals surface area contributed by atoms with Crippen LogP contribution in [0.25, 0.3) is 0 Å². The van der Waals surface area contributed by atoms with E-state index >= 15 is 0 Å². The topological polar surface area (TPSA) is 48.8 Å². The van der Waals surface area contributed by atoms with Crippen LogP contribution in [0.3, 0.4) is 0 Å².